The number of aryl methyl sites for hydroxylation is 3. The Balaban J connectivity index is 1.11. The molecule has 0 amide bonds. The predicted octanol–water partition coefficient (Wildman–Crippen LogP) is 5.45. The van der Waals surface area contributed by atoms with Crippen LogP contribution in [-0.2, 0) is 16.0 Å². The van der Waals surface area contributed by atoms with E-state index in [1.807, 2.05) is 75.4 Å². The monoisotopic (exact) mass is 972 g/mol. The van der Waals surface area contributed by atoms with E-state index in [2.05, 4.69) is 60.4 Å². The molecule has 2 fully saturated rings. The van der Waals surface area contributed by atoms with Crippen molar-refractivity contribution >= 4 is 23.1 Å². The van der Waals surface area contributed by atoms with Crippen LogP contribution in [0.2, 0.25) is 0 Å². The molecule has 2 aromatic carbocycles. The summed E-state index contributed by atoms with van der Waals surface area (Å²) in [6.45, 7) is 13.0. The summed E-state index contributed by atoms with van der Waals surface area (Å²) in [7, 11) is 5.67. The van der Waals surface area contributed by atoms with Crippen molar-refractivity contribution < 1.29 is 29.2 Å². The van der Waals surface area contributed by atoms with Gasteiger partial charge in [-0.25, -0.2) is 29.9 Å². The number of nitrogens with one attached hydrogen (secondary N) is 3. The van der Waals surface area contributed by atoms with Crippen LogP contribution in [0.3, 0.4) is 0 Å². The second kappa shape index (κ2) is 24.2. The van der Waals surface area contributed by atoms with Crippen LogP contribution in [0.15, 0.2) is 67.0 Å². The fourth-order valence-corrected chi connectivity index (χ4v) is 9.20. The summed E-state index contributed by atoms with van der Waals surface area (Å²) in [5.41, 5.74) is 7.44. The third-order valence-electron chi connectivity index (χ3n) is 13.1. The van der Waals surface area contributed by atoms with Gasteiger partial charge < -0.3 is 54.9 Å². The van der Waals surface area contributed by atoms with Crippen LogP contribution in [0.5, 0.6) is 11.5 Å². The van der Waals surface area contributed by atoms with Gasteiger partial charge in [0.15, 0.2) is 11.6 Å². The minimum atomic E-state index is -0.659. The van der Waals surface area contributed by atoms with E-state index in [9.17, 15) is 10.2 Å². The summed E-state index contributed by atoms with van der Waals surface area (Å²) >= 11 is 0. The third kappa shape index (κ3) is 13.0. The van der Waals surface area contributed by atoms with E-state index in [1.165, 1.54) is 0 Å². The molecule has 0 spiro atoms. The number of aromatic nitrogens is 8. The van der Waals surface area contributed by atoms with Crippen LogP contribution in [-0.4, -0.2) is 155 Å². The van der Waals surface area contributed by atoms with E-state index in [1.54, 1.807) is 20.4 Å². The Labute approximate surface area is 416 Å². The standard InChI is InChI=1S/C52H69N13O6/c1-33-49(34(2)56-32-55-33)45-26-48(61-51(57-45)37-10-8-12-43(24-37)70-30-41(66)28-53-5)64(40-16-22-69-23-17-40)18-19-65-36(4)50(35(3)62-65)58-46-27-47(63(7)39-14-20-68-21-15-39)60-52(59-46)38-11-9-13-44(25-38)71-31-42(67)29-54-6/h8-13,24-27,32,39-42,53-54,66-67H,14-23,28-31H2,1-7H3,(H,58,59,60). The molecule has 0 saturated carbocycles. The zero-order chi connectivity index (χ0) is 49.9. The van der Waals surface area contributed by atoms with E-state index < -0.39 is 12.2 Å². The first-order chi connectivity index (χ1) is 34.5. The van der Waals surface area contributed by atoms with Gasteiger partial charge in [-0.1, -0.05) is 24.3 Å². The fourth-order valence-electron chi connectivity index (χ4n) is 9.20. The molecule has 19 heteroatoms. The average Bonchev–Trinajstić information content (AvgIpc) is 3.65. The number of aliphatic hydroxyl groups excluding tert-OH is 2. The molecule has 2 saturated heterocycles. The first kappa shape index (κ1) is 51.0. The number of aliphatic hydroxyl groups is 2. The first-order valence-corrected chi connectivity index (χ1v) is 24.6. The molecule has 8 rings (SSSR count). The fraction of sp³-hybridized carbons (Fsp3) is 0.481. The predicted molar refractivity (Wildman–Crippen MR) is 275 cm³/mol. The lowest BCUT2D eigenvalue weighted by atomic mass is 10.1. The van der Waals surface area contributed by atoms with Gasteiger partial charge >= 0.3 is 0 Å². The van der Waals surface area contributed by atoms with Gasteiger partial charge in [0.1, 0.15) is 60.7 Å². The van der Waals surface area contributed by atoms with Crippen LogP contribution < -0.4 is 35.2 Å². The number of benzene rings is 2. The summed E-state index contributed by atoms with van der Waals surface area (Å²) < 4.78 is 25.6. The van der Waals surface area contributed by atoms with Crippen molar-refractivity contribution in [3.8, 4) is 45.5 Å². The van der Waals surface area contributed by atoms with Crippen LogP contribution in [0.25, 0.3) is 34.0 Å². The van der Waals surface area contributed by atoms with Crippen LogP contribution in [0, 0.1) is 27.7 Å². The van der Waals surface area contributed by atoms with E-state index in [0.29, 0.717) is 81.6 Å². The average molecular weight is 972 g/mol. The van der Waals surface area contributed by atoms with Gasteiger partial charge in [-0.2, -0.15) is 5.10 Å². The highest BCUT2D eigenvalue weighted by Gasteiger charge is 2.27. The van der Waals surface area contributed by atoms with Crippen molar-refractivity contribution in [1.29, 1.82) is 0 Å². The Morgan fingerprint density at radius 1 is 0.704 bits per heavy atom. The smallest absolute Gasteiger partial charge is 0.164 e. The maximum Gasteiger partial charge on any atom is 0.164 e. The highest BCUT2D eigenvalue weighted by atomic mass is 16.5. The van der Waals surface area contributed by atoms with Crippen LogP contribution >= 0.6 is 0 Å². The highest BCUT2D eigenvalue weighted by Crippen LogP contribution is 2.34. The van der Waals surface area contributed by atoms with E-state index in [4.69, 9.17) is 44.0 Å². The minimum Gasteiger partial charge on any atom is -0.491 e. The lowest BCUT2D eigenvalue weighted by Crippen LogP contribution is -2.42. The molecule has 378 valence electrons. The van der Waals surface area contributed by atoms with Crippen molar-refractivity contribution in [3.05, 3.63) is 89.8 Å². The van der Waals surface area contributed by atoms with Gasteiger partial charge in [-0.05, 0) is 91.7 Å². The molecule has 2 aliphatic rings. The summed E-state index contributed by atoms with van der Waals surface area (Å²) in [6.07, 6.45) is 3.73. The molecule has 0 bridgehead atoms. The van der Waals surface area contributed by atoms with Crippen molar-refractivity contribution in [1.82, 2.24) is 50.3 Å². The van der Waals surface area contributed by atoms with Crippen molar-refractivity contribution in [3.63, 3.8) is 0 Å². The van der Waals surface area contributed by atoms with Crippen molar-refractivity contribution in [2.45, 2.75) is 84.2 Å². The summed E-state index contributed by atoms with van der Waals surface area (Å²) in [4.78, 5) is 34.3. The Morgan fingerprint density at radius 3 is 1.86 bits per heavy atom. The number of anilines is 4. The molecular formula is C52H69N13O6. The number of likely N-dealkylation sites (N-methyl/N-ethyl adjacent to an activating group) is 2. The zero-order valence-corrected chi connectivity index (χ0v) is 42.1. The molecule has 4 aromatic heterocycles. The quantitative estimate of drug-likeness (QED) is 0.0572. The molecule has 0 aliphatic carbocycles. The molecule has 6 heterocycles. The molecular weight excluding hydrogens is 903 g/mol. The van der Waals surface area contributed by atoms with Crippen LogP contribution in [0.4, 0.5) is 23.1 Å². The molecule has 5 N–H and O–H groups in total. The highest BCUT2D eigenvalue weighted by molar-refractivity contribution is 5.72. The summed E-state index contributed by atoms with van der Waals surface area (Å²) in [5, 5.41) is 35.4. The SMILES string of the molecule is CNCC(O)COc1cccc(-c2nc(Nc3c(C)nn(CCN(c4cc(-c5c(C)ncnc5C)nc(-c5cccc(OCC(O)CNC)c5)n4)C4CCOCC4)c3C)cc(N(C)C3CCOCC3)n2)c1. The van der Waals surface area contributed by atoms with Crippen molar-refractivity contribution in [2.75, 3.05) is 95.5 Å². The number of hydrogen-bond donors (Lipinski definition) is 5. The molecule has 6 aromatic rings. The van der Waals surface area contributed by atoms with Gasteiger partial charge in [0.25, 0.3) is 0 Å². The lowest BCUT2D eigenvalue weighted by Gasteiger charge is -2.35. The van der Waals surface area contributed by atoms with Gasteiger partial charge in [0, 0.05) is 94.0 Å². The normalized spacial score (nSPS) is 15.3. The van der Waals surface area contributed by atoms with E-state index >= 15 is 0 Å². The van der Waals surface area contributed by atoms with Gasteiger partial charge in [0.05, 0.1) is 40.7 Å². The Kier molecular flexibility index (Phi) is 17.4. The second-order valence-electron chi connectivity index (χ2n) is 18.3. The van der Waals surface area contributed by atoms with Gasteiger partial charge in [-0.3, -0.25) is 4.68 Å². The molecule has 2 aliphatic heterocycles. The first-order valence-electron chi connectivity index (χ1n) is 24.6. The van der Waals surface area contributed by atoms with Crippen molar-refractivity contribution in [2.24, 2.45) is 0 Å². The Bertz CT molecular complexity index is 2670. The largest absolute Gasteiger partial charge is 0.491 e. The Morgan fingerprint density at radius 2 is 1.27 bits per heavy atom. The summed E-state index contributed by atoms with van der Waals surface area (Å²) in [6, 6.07) is 19.8. The number of ether oxygens (including phenoxy) is 4. The molecule has 0 radical (unpaired) electrons. The Hall–Kier alpha value is -6.35. The molecule has 19 nitrogen and oxygen atoms in total. The zero-order valence-electron chi connectivity index (χ0n) is 42.1. The van der Waals surface area contributed by atoms with Gasteiger partial charge in [0.2, 0.25) is 0 Å². The number of hydrogen-bond acceptors (Lipinski definition) is 18. The molecule has 2 atom stereocenters. The van der Waals surface area contributed by atoms with Crippen LogP contribution in [0.1, 0.15) is 48.5 Å². The third-order valence-corrected chi connectivity index (χ3v) is 13.1. The maximum atomic E-state index is 10.4. The topological polar surface area (TPSA) is 215 Å². The number of nitrogens with zero attached hydrogens (tertiary/aromatic N) is 10. The number of rotatable bonds is 22. The lowest BCUT2D eigenvalue weighted by molar-refractivity contribution is 0.0840. The second-order valence-corrected chi connectivity index (χ2v) is 18.3. The molecule has 2 unspecified atom stereocenters. The maximum absolute atomic E-state index is 10.4. The summed E-state index contributed by atoms with van der Waals surface area (Å²) in [5.74, 6) is 4.49. The van der Waals surface area contributed by atoms with E-state index in [-0.39, 0.29) is 25.3 Å². The minimum absolute atomic E-state index is 0.138. The van der Waals surface area contributed by atoms with Gasteiger partial charge in [-0.15, -0.1) is 0 Å². The van der Waals surface area contributed by atoms with E-state index in [0.717, 1.165) is 88.2 Å². The molecule has 71 heavy (non-hydrogen) atoms.